The van der Waals surface area contributed by atoms with Crippen LogP contribution in [-0.4, -0.2) is 48.9 Å². The fraction of sp³-hybridized carbons (Fsp3) is 0.462. The zero-order chi connectivity index (χ0) is 22.8. The number of halogens is 1. The minimum Gasteiger partial charge on any atom is -0.358 e. The quantitative estimate of drug-likeness (QED) is 0.728. The Bertz CT molecular complexity index is 1030. The van der Waals surface area contributed by atoms with E-state index in [1.165, 1.54) is 6.07 Å². The Morgan fingerprint density at radius 2 is 1.88 bits per heavy atom. The van der Waals surface area contributed by atoms with Gasteiger partial charge in [0.1, 0.15) is 11.9 Å². The molecule has 33 heavy (non-hydrogen) atoms. The highest BCUT2D eigenvalue weighted by Gasteiger charge is 2.34. The summed E-state index contributed by atoms with van der Waals surface area (Å²) in [5, 5.41) is 6.07. The molecule has 7 heteroatoms. The van der Waals surface area contributed by atoms with Gasteiger partial charge in [-0.05, 0) is 75.4 Å². The summed E-state index contributed by atoms with van der Waals surface area (Å²) in [6.45, 7) is 3.94. The largest absolute Gasteiger partial charge is 0.358 e. The zero-order valence-corrected chi connectivity index (χ0v) is 18.9. The molecule has 0 spiro atoms. The van der Waals surface area contributed by atoms with Crippen LogP contribution in [0.25, 0.3) is 0 Å². The molecule has 1 unspecified atom stereocenters. The third kappa shape index (κ3) is 4.74. The van der Waals surface area contributed by atoms with Crippen LogP contribution in [0.1, 0.15) is 48.0 Å². The van der Waals surface area contributed by atoms with Crippen LogP contribution in [0.2, 0.25) is 0 Å². The Morgan fingerprint density at radius 1 is 1.06 bits per heavy atom. The number of hydrogen-bond donors (Lipinski definition) is 2. The molecular weight excluding hydrogens is 419 g/mol. The van der Waals surface area contributed by atoms with Gasteiger partial charge in [-0.3, -0.25) is 14.5 Å². The van der Waals surface area contributed by atoms with Gasteiger partial charge in [0, 0.05) is 30.8 Å². The molecular formula is C26H31FN4O2. The molecule has 0 saturated carbocycles. The van der Waals surface area contributed by atoms with Crippen LogP contribution < -0.4 is 15.5 Å². The van der Waals surface area contributed by atoms with Crippen LogP contribution in [-0.2, 0) is 11.3 Å². The number of nitrogens with zero attached hydrogens (tertiary/aromatic N) is 2. The molecule has 0 bridgehead atoms. The number of piperidine rings is 2. The molecule has 2 aromatic carbocycles. The van der Waals surface area contributed by atoms with Crippen LogP contribution in [0, 0.1) is 11.7 Å². The van der Waals surface area contributed by atoms with Gasteiger partial charge in [-0.15, -0.1) is 0 Å². The van der Waals surface area contributed by atoms with E-state index in [-0.39, 0.29) is 23.7 Å². The van der Waals surface area contributed by atoms with Crippen LogP contribution >= 0.6 is 0 Å². The first-order valence-electron chi connectivity index (χ1n) is 12.0. The van der Waals surface area contributed by atoms with Crippen molar-refractivity contribution in [3.05, 3.63) is 59.4 Å². The molecule has 0 aliphatic carbocycles. The second kappa shape index (κ2) is 9.51. The highest BCUT2D eigenvalue weighted by atomic mass is 19.1. The van der Waals surface area contributed by atoms with E-state index < -0.39 is 0 Å². The van der Waals surface area contributed by atoms with E-state index in [2.05, 4.69) is 20.4 Å². The SMILES string of the molecule is O=C(NCC1CCN(Cc2ccccc2F)CC1)c1ccc2c(c1)NC(=O)C1CCCCN21. The van der Waals surface area contributed by atoms with Crippen molar-refractivity contribution in [2.45, 2.75) is 44.7 Å². The van der Waals surface area contributed by atoms with E-state index in [0.717, 1.165) is 68.7 Å². The lowest BCUT2D eigenvalue weighted by Gasteiger charge is -2.41. The highest BCUT2D eigenvalue weighted by molar-refractivity contribution is 6.05. The lowest BCUT2D eigenvalue weighted by Crippen LogP contribution is -2.50. The lowest BCUT2D eigenvalue weighted by molar-refractivity contribution is -0.118. The van der Waals surface area contributed by atoms with Gasteiger partial charge in [0.2, 0.25) is 5.91 Å². The standard InChI is InChI=1S/C26H31FN4O2/c27-21-6-2-1-5-20(21)17-30-13-10-18(11-14-30)16-28-25(32)19-8-9-23-22(15-19)29-26(33)24-7-3-4-12-31(23)24/h1-2,5-6,8-9,15,18,24H,3-4,7,10-14,16-17H2,(H,28,32)(H,29,33). The monoisotopic (exact) mass is 450 g/mol. The lowest BCUT2D eigenvalue weighted by atomic mass is 9.95. The molecule has 1 atom stereocenters. The molecule has 5 rings (SSSR count). The summed E-state index contributed by atoms with van der Waals surface area (Å²) in [6, 6.07) is 12.5. The summed E-state index contributed by atoms with van der Waals surface area (Å²) in [6.07, 6.45) is 5.00. The first-order chi connectivity index (χ1) is 16.1. The molecule has 3 heterocycles. The van der Waals surface area contributed by atoms with E-state index in [9.17, 15) is 14.0 Å². The van der Waals surface area contributed by atoms with Gasteiger partial charge >= 0.3 is 0 Å². The molecule has 2 aromatic rings. The van der Waals surface area contributed by atoms with Crippen molar-refractivity contribution in [2.75, 3.05) is 36.4 Å². The van der Waals surface area contributed by atoms with Gasteiger partial charge in [-0.1, -0.05) is 18.2 Å². The fourth-order valence-corrected chi connectivity index (χ4v) is 5.29. The number of nitrogens with one attached hydrogen (secondary N) is 2. The topological polar surface area (TPSA) is 64.7 Å². The van der Waals surface area contributed by atoms with Crippen molar-refractivity contribution in [2.24, 2.45) is 5.92 Å². The average molecular weight is 451 g/mol. The maximum atomic E-state index is 13.9. The number of carbonyl (C=O) groups excluding carboxylic acids is 2. The van der Waals surface area contributed by atoms with E-state index >= 15 is 0 Å². The maximum absolute atomic E-state index is 13.9. The second-order valence-electron chi connectivity index (χ2n) is 9.45. The van der Waals surface area contributed by atoms with Gasteiger partial charge in [-0.2, -0.15) is 0 Å². The summed E-state index contributed by atoms with van der Waals surface area (Å²) in [5.74, 6) is 0.185. The van der Waals surface area contributed by atoms with Gasteiger partial charge < -0.3 is 15.5 Å². The fourth-order valence-electron chi connectivity index (χ4n) is 5.29. The third-order valence-electron chi connectivity index (χ3n) is 7.24. The van der Waals surface area contributed by atoms with Crippen molar-refractivity contribution in [3.8, 4) is 0 Å². The summed E-state index contributed by atoms with van der Waals surface area (Å²) < 4.78 is 13.9. The van der Waals surface area contributed by atoms with E-state index in [4.69, 9.17) is 0 Å². The normalized spacial score (nSPS) is 21.2. The number of anilines is 2. The van der Waals surface area contributed by atoms with E-state index in [1.807, 2.05) is 24.3 Å². The van der Waals surface area contributed by atoms with Gasteiger partial charge in [0.05, 0.1) is 11.4 Å². The first-order valence-corrected chi connectivity index (χ1v) is 12.0. The predicted molar refractivity (Wildman–Crippen MR) is 127 cm³/mol. The zero-order valence-electron chi connectivity index (χ0n) is 18.9. The molecule has 0 radical (unpaired) electrons. The van der Waals surface area contributed by atoms with Gasteiger partial charge in [-0.25, -0.2) is 4.39 Å². The molecule has 2 fully saturated rings. The number of hydrogen-bond acceptors (Lipinski definition) is 4. The van der Waals surface area contributed by atoms with Crippen molar-refractivity contribution in [1.29, 1.82) is 0 Å². The Balaban J connectivity index is 1.13. The second-order valence-corrected chi connectivity index (χ2v) is 9.45. The number of amides is 2. The smallest absolute Gasteiger partial charge is 0.251 e. The number of likely N-dealkylation sites (tertiary alicyclic amines) is 1. The van der Waals surface area contributed by atoms with Crippen LogP contribution in [0.3, 0.4) is 0 Å². The van der Waals surface area contributed by atoms with E-state index in [1.54, 1.807) is 12.1 Å². The van der Waals surface area contributed by atoms with Crippen LogP contribution in [0.15, 0.2) is 42.5 Å². The Morgan fingerprint density at radius 3 is 2.70 bits per heavy atom. The van der Waals surface area contributed by atoms with E-state index in [0.29, 0.717) is 24.6 Å². The van der Waals surface area contributed by atoms with Crippen molar-refractivity contribution >= 4 is 23.2 Å². The number of benzene rings is 2. The summed E-state index contributed by atoms with van der Waals surface area (Å²) in [4.78, 5) is 29.7. The molecule has 2 saturated heterocycles. The van der Waals surface area contributed by atoms with Crippen LogP contribution in [0.5, 0.6) is 0 Å². The minimum atomic E-state index is -0.149. The molecule has 174 valence electrons. The Hall–Kier alpha value is -2.93. The van der Waals surface area contributed by atoms with Crippen molar-refractivity contribution in [1.82, 2.24) is 10.2 Å². The maximum Gasteiger partial charge on any atom is 0.251 e. The first kappa shape index (κ1) is 21.9. The van der Waals surface area contributed by atoms with Crippen molar-refractivity contribution in [3.63, 3.8) is 0 Å². The third-order valence-corrected chi connectivity index (χ3v) is 7.24. The summed E-state index contributed by atoms with van der Waals surface area (Å²) >= 11 is 0. The molecule has 0 aromatic heterocycles. The minimum absolute atomic E-state index is 0.0295. The van der Waals surface area contributed by atoms with Crippen molar-refractivity contribution < 1.29 is 14.0 Å². The van der Waals surface area contributed by atoms with Crippen LogP contribution in [0.4, 0.5) is 15.8 Å². The summed E-state index contributed by atoms with van der Waals surface area (Å²) in [5.41, 5.74) is 3.05. The van der Waals surface area contributed by atoms with Gasteiger partial charge in [0.25, 0.3) is 5.91 Å². The Labute approximate surface area is 194 Å². The van der Waals surface area contributed by atoms with Gasteiger partial charge in [0.15, 0.2) is 0 Å². The predicted octanol–water partition coefficient (Wildman–Crippen LogP) is 3.78. The Kier molecular flexibility index (Phi) is 6.31. The molecule has 3 aliphatic rings. The molecule has 2 amide bonds. The average Bonchev–Trinajstić information content (AvgIpc) is 2.84. The number of fused-ring (bicyclic) bond motifs is 3. The molecule has 6 nitrogen and oxygen atoms in total. The summed E-state index contributed by atoms with van der Waals surface area (Å²) in [7, 11) is 0. The molecule has 3 aliphatic heterocycles. The number of rotatable bonds is 5. The highest BCUT2D eigenvalue weighted by Crippen LogP contribution is 2.36. The molecule has 2 N–H and O–H groups in total. The number of carbonyl (C=O) groups is 2.